The molecule has 0 saturated carbocycles. The van der Waals surface area contributed by atoms with Gasteiger partial charge >= 0.3 is 0 Å². The van der Waals surface area contributed by atoms with Gasteiger partial charge in [-0.15, -0.1) is 0 Å². The van der Waals surface area contributed by atoms with Crippen LogP contribution in [-0.4, -0.2) is 13.0 Å². The van der Waals surface area contributed by atoms with Gasteiger partial charge in [-0.3, -0.25) is 4.79 Å². The molecule has 0 aromatic heterocycles. The van der Waals surface area contributed by atoms with Gasteiger partial charge in [-0.2, -0.15) is 0 Å². The van der Waals surface area contributed by atoms with E-state index in [-0.39, 0.29) is 11.7 Å². The van der Waals surface area contributed by atoms with E-state index in [1.807, 2.05) is 19.1 Å². The van der Waals surface area contributed by atoms with Crippen LogP contribution < -0.4 is 10.6 Å². The summed E-state index contributed by atoms with van der Waals surface area (Å²) in [6.45, 7) is 2.47. The molecule has 0 aliphatic heterocycles. The SMILES string of the molecule is CNC(=O)c1ccc(C)c(NCc2cccc(F)c2)c1. The number of carbonyl (C=O) groups is 1. The zero-order valence-electron chi connectivity index (χ0n) is 11.5. The molecule has 0 spiro atoms. The molecule has 0 unspecified atom stereocenters. The van der Waals surface area contributed by atoms with Crippen LogP contribution in [-0.2, 0) is 6.54 Å². The van der Waals surface area contributed by atoms with Gasteiger partial charge in [0.2, 0.25) is 0 Å². The van der Waals surface area contributed by atoms with Crippen molar-refractivity contribution in [3.05, 3.63) is 65.0 Å². The Morgan fingerprint density at radius 2 is 2.00 bits per heavy atom. The van der Waals surface area contributed by atoms with Crippen molar-refractivity contribution < 1.29 is 9.18 Å². The number of anilines is 1. The fraction of sp³-hybridized carbons (Fsp3) is 0.188. The lowest BCUT2D eigenvalue weighted by molar-refractivity contribution is 0.0963. The second kappa shape index (κ2) is 6.19. The van der Waals surface area contributed by atoms with E-state index in [1.165, 1.54) is 12.1 Å². The molecular formula is C16H17FN2O. The summed E-state index contributed by atoms with van der Waals surface area (Å²) >= 11 is 0. The van der Waals surface area contributed by atoms with Crippen molar-refractivity contribution in [1.29, 1.82) is 0 Å². The molecule has 0 bridgehead atoms. The van der Waals surface area contributed by atoms with Gasteiger partial charge in [0.05, 0.1) is 0 Å². The summed E-state index contributed by atoms with van der Waals surface area (Å²) in [7, 11) is 1.60. The van der Waals surface area contributed by atoms with E-state index in [4.69, 9.17) is 0 Å². The van der Waals surface area contributed by atoms with E-state index >= 15 is 0 Å². The van der Waals surface area contributed by atoms with Crippen LogP contribution in [0.1, 0.15) is 21.5 Å². The average molecular weight is 272 g/mol. The number of rotatable bonds is 4. The largest absolute Gasteiger partial charge is 0.381 e. The summed E-state index contributed by atoms with van der Waals surface area (Å²) in [6, 6.07) is 11.9. The Balaban J connectivity index is 2.14. The predicted molar refractivity (Wildman–Crippen MR) is 78.3 cm³/mol. The molecule has 0 aliphatic rings. The fourth-order valence-electron chi connectivity index (χ4n) is 1.94. The van der Waals surface area contributed by atoms with Crippen LogP contribution in [0.15, 0.2) is 42.5 Å². The van der Waals surface area contributed by atoms with Gasteiger partial charge < -0.3 is 10.6 Å². The second-order valence-electron chi connectivity index (χ2n) is 4.59. The zero-order valence-corrected chi connectivity index (χ0v) is 11.5. The Labute approximate surface area is 117 Å². The number of aryl methyl sites for hydroxylation is 1. The lowest BCUT2D eigenvalue weighted by Gasteiger charge is -2.11. The highest BCUT2D eigenvalue weighted by Crippen LogP contribution is 2.18. The van der Waals surface area contributed by atoms with E-state index in [2.05, 4.69) is 10.6 Å². The number of nitrogens with one attached hydrogen (secondary N) is 2. The molecule has 0 fully saturated rings. The maximum Gasteiger partial charge on any atom is 0.251 e. The van der Waals surface area contributed by atoms with Crippen LogP contribution in [0.4, 0.5) is 10.1 Å². The molecule has 0 heterocycles. The zero-order chi connectivity index (χ0) is 14.5. The number of hydrogen-bond acceptors (Lipinski definition) is 2. The number of benzene rings is 2. The summed E-state index contributed by atoms with van der Waals surface area (Å²) in [5.74, 6) is -0.376. The highest BCUT2D eigenvalue weighted by molar-refractivity contribution is 5.95. The van der Waals surface area contributed by atoms with Crippen LogP contribution >= 0.6 is 0 Å². The predicted octanol–water partition coefficient (Wildman–Crippen LogP) is 3.11. The molecule has 4 heteroatoms. The van der Waals surface area contributed by atoms with E-state index in [1.54, 1.807) is 25.2 Å². The minimum atomic E-state index is -0.250. The molecule has 3 nitrogen and oxygen atoms in total. The maximum atomic E-state index is 13.1. The minimum Gasteiger partial charge on any atom is -0.381 e. The second-order valence-corrected chi connectivity index (χ2v) is 4.59. The van der Waals surface area contributed by atoms with Crippen molar-refractivity contribution in [1.82, 2.24) is 5.32 Å². The number of halogens is 1. The van der Waals surface area contributed by atoms with Crippen LogP contribution in [0, 0.1) is 12.7 Å². The maximum absolute atomic E-state index is 13.1. The van der Waals surface area contributed by atoms with E-state index in [9.17, 15) is 9.18 Å². The van der Waals surface area contributed by atoms with E-state index < -0.39 is 0 Å². The fourth-order valence-corrected chi connectivity index (χ4v) is 1.94. The average Bonchev–Trinajstić information content (AvgIpc) is 2.45. The first-order valence-corrected chi connectivity index (χ1v) is 6.41. The van der Waals surface area contributed by atoms with Gasteiger partial charge in [-0.05, 0) is 42.3 Å². The van der Waals surface area contributed by atoms with E-state index in [0.29, 0.717) is 12.1 Å². The molecule has 0 saturated heterocycles. The quantitative estimate of drug-likeness (QED) is 0.898. The first-order chi connectivity index (χ1) is 9.60. The first kappa shape index (κ1) is 14.1. The summed E-state index contributed by atoms with van der Waals surface area (Å²) in [6.07, 6.45) is 0. The standard InChI is InChI=1S/C16H17FN2O/c1-11-6-7-13(16(20)18-2)9-15(11)19-10-12-4-3-5-14(17)8-12/h3-9,19H,10H2,1-2H3,(H,18,20). The third-order valence-corrected chi connectivity index (χ3v) is 3.10. The third-order valence-electron chi connectivity index (χ3n) is 3.10. The molecule has 1 amide bonds. The Bertz CT molecular complexity index is 626. The molecular weight excluding hydrogens is 255 g/mol. The van der Waals surface area contributed by atoms with Crippen molar-refractivity contribution >= 4 is 11.6 Å². The smallest absolute Gasteiger partial charge is 0.251 e. The Hall–Kier alpha value is -2.36. The lowest BCUT2D eigenvalue weighted by Crippen LogP contribution is -2.18. The van der Waals surface area contributed by atoms with Crippen molar-refractivity contribution in [3.63, 3.8) is 0 Å². The monoisotopic (exact) mass is 272 g/mol. The van der Waals surface area contributed by atoms with Crippen LogP contribution in [0.25, 0.3) is 0 Å². The highest BCUT2D eigenvalue weighted by Gasteiger charge is 2.06. The Morgan fingerprint density at radius 3 is 2.70 bits per heavy atom. The van der Waals surface area contributed by atoms with Crippen molar-refractivity contribution in [2.24, 2.45) is 0 Å². The van der Waals surface area contributed by atoms with Crippen LogP contribution in [0.5, 0.6) is 0 Å². The molecule has 2 N–H and O–H groups in total. The number of amides is 1. The normalized spacial score (nSPS) is 10.2. The minimum absolute atomic E-state index is 0.126. The summed E-state index contributed by atoms with van der Waals surface area (Å²) in [4.78, 5) is 11.6. The van der Waals surface area contributed by atoms with Crippen molar-refractivity contribution in [2.75, 3.05) is 12.4 Å². The van der Waals surface area contributed by atoms with Gasteiger partial charge in [0, 0.05) is 24.8 Å². The molecule has 0 radical (unpaired) electrons. The van der Waals surface area contributed by atoms with Crippen LogP contribution in [0.2, 0.25) is 0 Å². The topological polar surface area (TPSA) is 41.1 Å². The molecule has 2 aromatic rings. The number of hydrogen-bond donors (Lipinski definition) is 2. The van der Waals surface area contributed by atoms with Crippen molar-refractivity contribution in [3.8, 4) is 0 Å². The van der Waals surface area contributed by atoms with Gasteiger partial charge in [0.1, 0.15) is 5.82 Å². The summed E-state index contributed by atoms with van der Waals surface area (Å²) < 4.78 is 13.1. The van der Waals surface area contributed by atoms with Gasteiger partial charge in [-0.25, -0.2) is 4.39 Å². The van der Waals surface area contributed by atoms with Gasteiger partial charge in [0.15, 0.2) is 0 Å². The first-order valence-electron chi connectivity index (χ1n) is 6.41. The van der Waals surface area contributed by atoms with Crippen molar-refractivity contribution in [2.45, 2.75) is 13.5 Å². The number of carbonyl (C=O) groups excluding carboxylic acids is 1. The molecule has 2 aromatic carbocycles. The molecule has 0 atom stereocenters. The van der Waals surface area contributed by atoms with E-state index in [0.717, 1.165) is 16.8 Å². The van der Waals surface area contributed by atoms with Gasteiger partial charge in [-0.1, -0.05) is 18.2 Å². The molecule has 104 valence electrons. The molecule has 0 aliphatic carbocycles. The third kappa shape index (κ3) is 3.35. The lowest BCUT2D eigenvalue weighted by atomic mass is 10.1. The summed E-state index contributed by atoms with van der Waals surface area (Å²) in [5, 5.41) is 5.82. The van der Waals surface area contributed by atoms with Gasteiger partial charge in [0.25, 0.3) is 5.91 Å². The highest BCUT2D eigenvalue weighted by atomic mass is 19.1. The van der Waals surface area contributed by atoms with Crippen LogP contribution in [0.3, 0.4) is 0 Å². The summed E-state index contributed by atoms with van der Waals surface area (Å²) in [5.41, 5.74) is 3.36. The Kier molecular flexibility index (Phi) is 4.35. The molecule has 2 rings (SSSR count). The Morgan fingerprint density at radius 1 is 1.20 bits per heavy atom. The molecule has 20 heavy (non-hydrogen) atoms.